The fraction of sp³-hybridized carbons (Fsp3) is 0.364. The van der Waals surface area contributed by atoms with Crippen molar-refractivity contribution in [2.45, 2.75) is 26.9 Å². The van der Waals surface area contributed by atoms with E-state index in [9.17, 15) is 9.18 Å². The van der Waals surface area contributed by atoms with Gasteiger partial charge in [-0.1, -0.05) is 6.07 Å². The second-order valence-corrected chi connectivity index (χ2v) is 3.54. The smallest absolute Gasteiger partial charge is 0.411 e. The zero-order valence-corrected chi connectivity index (χ0v) is 9.00. The highest BCUT2D eigenvalue weighted by atomic mass is 19.1. The molecule has 0 heterocycles. The van der Waals surface area contributed by atoms with Crippen molar-refractivity contribution in [1.82, 2.24) is 0 Å². The first-order valence-corrected chi connectivity index (χ1v) is 4.73. The van der Waals surface area contributed by atoms with Crippen molar-refractivity contribution in [2.75, 3.05) is 5.32 Å². The first kappa shape index (κ1) is 11.5. The molecule has 15 heavy (non-hydrogen) atoms. The van der Waals surface area contributed by atoms with Gasteiger partial charge in [0.05, 0.1) is 6.10 Å². The Hall–Kier alpha value is -1.58. The summed E-state index contributed by atoms with van der Waals surface area (Å²) in [5.41, 5.74) is 0.932. The summed E-state index contributed by atoms with van der Waals surface area (Å²) in [6.45, 7) is 5.15. The molecule has 1 aromatic carbocycles. The number of ether oxygens (including phenoxy) is 1. The van der Waals surface area contributed by atoms with Crippen LogP contribution in [0.4, 0.5) is 14.9 Å². The molecule has 0 aliphatic rings. The molecule has 0 bridgehead atoms. The van der Waals surface area contributed by atoms with Crippen molar-refractivity contribution in [3.8, 4) is 0 Å². The van der Waals surface area contributed by atoms with Crippen LogP contribution < -0.4 is 5.32 Å². The summed E-state index contributed by atoms with van der Waals surface area (Å²) in [5, 5.41) is 2.44. The molecule has 1 aromatic rings. The lowest BCUT2D eigenvalue weighted by atomic mass is 10.2. The Morgan fingerprint density at radius 3 is 2.67 bits per heavy atom. The first-order chi connectivity index (χ1) is 6.99. The highest BCUT2D eigenvalue weighted by molar-refractivity contribution is 5.84. The van der Waals surface area contributed by atoms with Crippen LogP contribution >= 0.6 is 0 Å². The summed E-state index contributed by atoms with van der Waals surface area (Å²) in [6.07, 6.45) is -0.770. The van der Waals surface area contributed by atoms with Crippen LogP contribution in [0, 0.1) is 12.7 Å². The highest BCUT2D eigenvalue weighted by Crippen LogP contribution is 2.13. The quantitative estimate of drug-likeness (QED) is 0.816. The minimum absolute atomic E-state index is 0.194. The Morgan fingerprint density at radius 2 is 2.13 bits per heavy atom. The minimum atomic E-state index is -0.576. The molecule has 0 radical (unpaired) electrons. The minimum Gasteiger partial charge on any atom is -0.447 e. The van der Waals surface area contributed by atoms with Crippen LogP contribution in [-0.4, -0.2) is 12.2 Å². The Balaban J connectivity index is 2.65. The van der Waals surface area contributed by atoms with E-state index in [0.717, 1.165) is 0 Å². The predicted molar refractivity (Wildman–Crippen MR) is 56.4 cm³/mol. The van der Waals surface area contributed by atoms with E-state index in [-0.39, 0.29) is 11.9 Å². The molecule has 0 saturated heterocycles. The highest BCUT2D eigenvalue weighted by Gasteiger charge is 2.06. The van der Waals surface area contributed by atoms with E-state index in [4.69, 9.17) is 4.74 Å². The molecule has 0 atom stereocenters. The van der Waals surface area contributed by atoms with E-state index in [1.54, 1.807) is 32.9 Å². The van der Waals surface area contributed by atoms with Crippen LogP contribution in [0.5, 0.6) is 0 Å². The van der Waals surface area contributed by atoms with Crippen molar-refractivity contribution in [3.63, 3.8) is 0 Å². The fourth-order valence-corrected chi connectivity index (χ4v) is 1.03. The fourth-order valence-electron chi connectivity index (χ4n) is 1.03. The molecular weight excluding hydrogens is 197 g/mol. The average molecular weight is 211 g/mol. The van der Waals surface area contributed by atoms with Crippen molar-refractivity contribution < 1.29 is 13.9 Å². The number of aryl methyl sites for hydroxylation is 1. The third-order valence-electron chi connectivity index (χ3n) is 1.76. The maximum atomic E-state index is 13.1. The Bertz CT molecular complexity index is 364. The summed E-state index contributed by atoms with van der Waals surface area (Å²) in [5.74, 6) is -0.350. The number of halogens is 1. The van der Waals surface area contributed by atoms with Gasteiger partial charge in [-0.25, -0.2) is 9.18 Å². The molecule has 0 aliphatic carbocycles. The molecule has 0 fully saturated rings. The van der Waals surface area contributed by atoms with Gasteiger partial charge in [-0.3, -0.25) is 5.32 Å². The molecule has 0 unspecified atom stereocenters. The normalized spacial score (nSPS) is 10.2. The second kappa shape index (κ2) is 4.77. The van der Waals surface area contributed by atoms with Gasteiger partial charge in [-0.15, -0.1) is 0 Å². The molecule has 4 heteroatoms. The summed E-state index contributed by atoms with van der Waals surface area (Å²) in [4.78, 5) is 11.2. The van der Waals surface area contributed by atoms with Crippen LogP contribution in [-0.2, 0) is 4.74 Å². The zero-order chi connectivity index (χ0) is 11.4. The van der Waals surface area contributed by atoms with Gasteiger partial charge in [-0.05, 0) is 38.5 Å². The number of carbonyl (C=O) groups excluding carboxylic acids is 1. The molecule has 0 saturated carbocycles. The maximum absolute atomic E-state index is 13.1. The Morgan fingerprint density at radius 1 is 1.47 bits per heavy atom. The molecule has 1 rings (SSSR count). The van der Waals surface area contributed by atoms with Crippen LogP contribution in [0.25, 0.3) is 0 Å². The number of hydrogen-bond acceptors (Lipinski definition) is 2. The van der Waals surface area contributed by atoms with E-state index < -0.39 is 6.09 Å². The number of anilines is 1. The predicted octanol–water partition coefficient (Wildman–Crippen LogP) is 3.09. The van der Waals surface area contributed by atoms with E-state index >= 15 is 0 Å². The number of rotatable bonds is 2. The van der Waals surface area contributed by atoms with Crippen LogP contribution in [0.3, 0.4) is 0 Å². The van der Waals surface area contributed by atoms with Gasteiger partial charge in [0.2, 0.25) is 0 Å². The largest absolute Gasteiger partial charge is 0.447 e. The maximum Gasteiger partial charge on any atom is 0.411 e. The lowest BCUT2D eigenvalue weighted by molar-refractivity contribution is 0.130. The number of benzene rings is 1. The topological polar surface area (TPSA) is 38.3 Å². The molecule has 1 amide bonds. The number of amides is 1. The number of nitrogens with one attached hydrogen (secondary N) is 1. The van der Waals surface area contributed by atoms with Crippen LogP contribution in [0.1, 0.15) is 19.4 Å². The monoisotopic (exact) mass is 211 g/mol. The standard InChI is InChI=1S/C11H14FNO2/c1-7(2)15-11(14)13-9-5-4-8(3)10(12)6-9/h4-7H,1-3H3,(H,13,14). The summed E-state index contributed by atoms with van der Waals surface area (Å²) in [6, 6.07) is 4.48. The van der Waals surface area contributed by atoms with Gasteiger partial charge in [0.25, 0.3) is 0 Å². The summed E-state index contributed by atoms with van der Waals surface area (Å²) in [7, 11) is 0. The van der Waals surface area contributed by atoms with Crippen LogP contribution in [0.15, 0.2) is 18.2 Å². The third-order valence-corrected chi connectivity index (χ3v) is 1.76. The molecule has 82 valence electrons. The number of hydrogen-bond donors (Lipinski definition) is 1. The van der Waals surface area contributed by atoms with Gasteiger partial charge in [0.15, 0.2) is 0 Å². The molecule has 0 aliphatic heterocycles. The van der Waals surface area contributed by atoms with Crippen molar-refractivity contribution in [1.29, 1.82) is 0 Å². The Labute approximate surface area is 88.2 Å². The zero-order valence-electron chi connectivity index (χ0n) is 9.00. The van der Waals surface area contributed by atoms with Gasteiger partial charge < -0.3 is 4.74 Å². The lowest BCUT2D eigenvalue weighted by Crippen LogP contribution is -2.18. The van der Waals surface area contributed by atoms with E-state index in [2.05, 4.69) is 5.32 Å². The van der Waals surface area contributed by atoms with Crippen molar-refractivity contribution >= 4 is 11.8 Å². The van der Waals surface area contributed by atoms with Gasteiger partial charge in [-0.2, -0.15) is 0 Å². The molecule has 0 spiro atoms. The number of carbonyl (C=O) groups is 1. The van der Waals surface area contributed by atoms with Gasteiger partial charge in [0, 0.05) is 5.69 Å². The second-order valence-electron chi connectivity index (χ2n) is 3.54. The molecule has 3 nitrogen and oxygen atoms in total. The molecule has 1 N–H and O–H groups in total. The SMILES string of the molecule is Cc1ccc(NC(=O)OC(C)C)cc1F. The first-order valence-electron chi connectivity index (χ1n) is 4.73. The third kappa shape index (κ3) is 3.58. The van der Waals surface area contributed by atoms with Gasteiger partial charge in [0.1, 0.15) is 5.82 Å². The van der Waals surface area contributed by atoms with Crippen LogP contribution in [0.2, 0.25) is 0 Å². The van der Waals surface area contributed by atoms with Crippen molar-refractivity contribution in [3.05, 3.63) is 29.6 Å². The van der Waals surface area contributed by atoms with Crippen molar-refractivity contribution in [2.24, 2.45) is 0 Å². The van der Waals surface area contributed by atoms with E-state index in [0.29, 0.717) is 11.3 Å². The average Bonchev–Trinajstić information content (AvgIpc) is 2.10. The van der Waals surface area contributed by atoms with E-state index in [1.165, 1.54) is 6.07 Å². The molecule has 0 aromatic heterocycles. The van der Waals surface area contributed by atoms with Gasteiger partial charge >= 0.3 is 6.09 Å². The van der Waals surface area contributed by atoms with E-state index in [1.807, 2.05) is 0 Å². The Kier molecular flexibility index (Phi) is 3.66. The summed E-state index contributed by atoms with van der Waals surface area (Å²) < 4.78 is 18.0. The lowest BCUT2D eigenvalue weighted by Gasteiger charge is -2.09. The summed E-state index contributed by atoms with van der Waals surface area (Å²) >= 11 is 0. The molecular formula is C11H14FNO2.